The number of rotatable bonds is 5. The number of carbonyl (C=O) groups excluding carboxylic acids is 1. The maximum absolute atomic E-state index is 12.9. The third-order valence-corrected chi connectivity index (χ3v) is 5.37. The molecular weight excluding hydrogens is 416 g/mol. The SMILES string of the molecule is CCC1=Nc2ccccc2N=C(NC(=O)Nc2ccccc2)[C@@H]1c1ccc(OC)c(OC)c1. The van der Waals surface area contributed by atoms with Crippen molar-refractivity contribution in [3.05, 3.63) is 78.4 Å². The summed E-state index contributed by atoms with van der Waals surface area (Å²) in [7, 11) is 3.20. The summed E-state index contributed by atoms with van der Waals surface area (Å²) in [5, 5.41) is 5.84. The Labute approximate surface area is 193 Å². The maximum Gasteiger partial charge on any atom is 0.324 e. The van der Waals surface area contributed by atoms with Crippen LogP contribution in [0.15, 0.2) is 82.8 Å². The molecule has 0 saturated heterocycles. The first kappa shape index (κ1) is 22.1. The topological polar surface area (TPSA) is 84.3 Å². The number of amides is 2. The van der Waals surface area contributed by atoms with E-state index in [0.29, 0.717) is 35.1 Å². The highest BCUT2D eigenvalue weighted by molar-refractivity contribution is 6.18. The van der Waals surface area contributed by atoms with Crippen molar-refractivity contribution in [3.63, 3.8) is 0 Å². The molecule has 2 N–H and O–H groups in total. The molecule has 0 fully saturated rings. The van der Waals surface area contributed by atoms with Gasteiger partial charge in [-0.3, -0.25) is 10.3 Å². The van der Waals surface area contributed by atoms with Gasteiger partial charge in [0.05, 0.1) is 31.5 Å². The molecule has 3 aromatic rings. The minimum Gasteiger partial charge on any atom is -0.493 e. The number of urea groups is 1. The van der Waals surface area contributed by atoms with Gasteiger partial charge >= 0.3 is 6.03 Å². The molecule has 1 aliphatic heterocycles. The molecule has 3 aromatic carbocycles. The molecular formula is C26H26N4O3. The highest BCUT2D eigenvalue weighted by atomic mass is 16.5. The number of anilines is 1. The highest BCUT2D eigenvalue weighted by Crippen LogP contribution is 2.37. The molecule has 0 bridgehead atoms. The van der Waals surface area contributed by atoms with Gasteiger partial charge in [0, 0.05) is 11.4 Å². The van der Waals surface area contributed by atoms with Gasteiger partial charge < -0.3 is 14.8 Å². The first-order valence-corrected chi connectivity index (χ1v) is 10.7. The van der Waals surface area contributed by atoms with E-state index < -0.39 is 0 Å². The van der Waals surface area contributed by atoms with Crippen LogP contribution < -0.4 is 20.1 Å². The summed E-state index contributed by atoms with van der Waals surface area (Å²) in [6.45, 7) is 2.04. The second-order valence-corrected chi connectivity index (χ2v) is 7.44. The monoisotopic (exact) mass is 442 g/mol. The van der Waals surface area contributed by atoms with E-state index in [1.165, 1.54) is 0 Å². The third-order valence-electron chi connectivity index (χ3n) is 5.37. The number of hydrogen-bond acceptors (Lipinski definition) is 5. The van der Waals surface area contributed by atoms with Gasteiger partial charge in [0.1, 0.15) is 5.84 Å². The number of aliphatic imine (C=N–C) groups is 2. The Bertz CT molecular complexity index is 1210. The fourth-order valence-electron chi connectivity index (χ4n) is 3.79. The van der Waals surface area contributed by atoms with Crippen molar-refractivity contribution in [1.29, 1.82) is 0 Å². The van der Waals surface area contributed by atoms with Crippen LogP contribution in [0, 0.1) is 0 Å². The van der Waals surface area contributed by atoms with Gasteiger partial charge in [0.15, 0.2) is 11.5 Å². The van der Waals surface area contributed by atoms with Gasteiger partial charge in [-0.1, -0.05) is 43.3 Å². The van der Waals surface area contributed by atoms with Crippen LogP contribution in [0.5, 0.6) is 11.5 Å². The molecule has 2 amide bonds. The summed E-state index contributed by atoms with van der Waals surface area (Å²) in [6, 6.07) is 22.2. The summed E-state index contributed by atoms with van der Waals surface area (Å²) in [4.78, 5) is 22.7. The van der Waals surface area contributed by atoms with Crippen LogP contribution in [-0.4, -0.2) is 31.8 Å². The second kappa shape index (κ2) is 9.99. The second-order valence-electron chi connectivity index (χ2n) is 7.44. The van der Waals surface area contributed by atoms with Crippen molar-refractivity contribution in [2.24, 2.45) is 9.98 Å². The Morgan fingerprint density at radius 2 is 1.52 bits per heavy atom. The first-order chi connectivity index (χ1) is 16.1. The van der Waals surface area contributed by atoms with E-state index in [4.69, 9.17) is 19.5 Å². The van der Waals surface area contributed by atoms with Crippen molar-refractivity contribution < 1.29 is 14.3 Å². The van der Waals surface area contributed by atoms with E-state index in [1.54, 1.807) is 14.2 Å². The van der Waals surface area contributed by atoms with Gasteiger partial charge in [0.25, 0.3) is 0 Å². The summed E-state index contributed by atoms with van der Waals surface area (Å²) < 4.78 is 10.9. The molecule has 0 saturated carbocycles. The number of ether oxygens (including phenoxy) is 2. The van der Waals surface area contributed by atoms with Crippen molar-refractivity contribution in [2.45, 2.75) is 19.3 Å². The molecule has 0 radical (unpaired) electrons. The standard InChI is InChI=1S/C26H26N4O3/c1-4-19-24(17-14-15-22(32-2)23(16-17)33-3)25(29-21-13-9-8-12-20(21)28-19)30-26(31)27-18-10-6-5-7-11-18/h5-16,24H,4H2,1-3H3,(H2,27,29,30,31)/t24-/m1/s1. The number of nitrogens with zero attached hydrogens (tertiary/aromatic N) is 2. The lowest BCUT2D eigenvalue weighted by Gasteiger charge is -2.22. The molecule has 168 valence electrons. The number of nitrogens with one attached hydrogen (secondary N) is 2. The van der Waals surface area contributed by atoms with E-state index >= 15 is 0 Å². The lowest BCUT2D eigenvalue weighted by atomic mass is 9.90. The molecule has 0 unspecified atom stereocenters. The molecule has 7 nitrogen and oxygen atoms in total. The van der Waals surface area contributed by atoms with Crippen molar-refractivity contribution >= 4 is 34.6 Å². The summed E-state index contributed by atoms with van der Waals surface area (Å²) in [5.74, 6) is 1.34. The van der Waals surface area contributed by atoms with E-state index in [-0.39, 0.29) is 11.9 Å². The Kier molecular flexibility index (Phi) is 6.69. The lowest BCUT2D eigenvalue weighted by molar-refractivity contribution is 0.256. The smallest absolute Gasteiger partial charge is 0.324 e. The molecule has 7 heteroatoms. The highest BCUT2D eigenvalue weighted by Gasteiger charge is 2.29. The number of para-hydroxylation sites is 3. The Balaban J connectivity index is 1.78. The number of benzene rings is 3. The number of hydrogen-bond donors (Lipinski definition) is 2. The van der Waals surface area contributed by atoms with Crippen molar-refractivity contribution in [2.75, 3.05) is 19.5 Å². The predicted molar refractivity (Wildman–Crippen MR) is 132 cm³/mol. The van der Waals surface area contributed by atoms with Crippen LogP contribution >= 0.6 is 0 Å². The molecule has 1 heterocycles. The van der Waals surface area contributed by atoms with Crippen LogP contribution in [0.25, 0.3) is 0 Å². The van der Waals surface area contributed by atoms with E-state index in [0.717, 1.165) is 17.0 Å². The summed E-state index contributed by atoms with van der Waals surface area (Å²) >= 11 is 0. The lowest BCUT2D eigenvalue weighted by Crippen LogP contribution is -2.40. The number of methoxy groups -OCH3 is 2. The van der Waals surface area contributed by atoms with Gasteiger partial charge in [-0.15, -0.1) is 0 Å². The Morgan fingerprint density at radius 1 is 0.848 bits per heavy atom. The van der Waals surface area contributed by atoms with E-state index in [9.17, 15) is 4.79 Å². The van der Waals surface area contributed by atoms with Gasteiger partial charge in [0.2, 0.25) is 0 Å². The minimum atomic E-state index is -0.375. The van der Waals surface area contributed by atoms with Crippen LogP contribution in [0.4, 0.5) is 21.9 Å². The number of carbonyl (C=O) groups is 1. The first-order valence-electron chi connectivity index (χ1n) is 10.7. The average Bonchev–Trinajstić information content (AvgIpc) is 3.00. The third kappa shape index (κ3) is 4.87. The zero-order chi connectivity index (χ0) is 23.2. The predicted octanol–water partition coefficient (Wildman–Crippen LogP) is 5.84. The van der Waals surface area contributed by atoms with Crippen LogP contribution in [-0.2, 0) is 0 Å². The van der Waals surface area contributed by atoms with Crippen LogP contribution in [0.1, 0.15) is 24.8 Å². The minimum absolute atomic E-state index is 0.372. The molecule has 0 aromatic heterocycles. The molecule has 4 rings (SSSR count). The summed E-state index contributed by atoms with van der Waals surface area (Å²) in [6.07, 6.45) is 0.675. The quantitative estimate of drug-likeness (QED) is 0.521. The molecule has 1 aliphatic rings. The zero-order valence-corrected chi connectivity index (χ0v) is 18.8. The normalized spacial score (nSPS) is 14.8. The molecule has 33 heavy (non-hydrogen) atoms. The van der Waals surface area contributed by atoms with Gasteiger partial charge in [-0.25, -0.2) is 9.79 Å². The average molecular weight is 443 g/mol. The van der Waals surface area contributed by atoms with E-state index in [2.05, 4.69) is 10.6 Å². The van der Waals surface area contributed by atoms with Gasteiger partial charge in [-0.2, -0.15) is 0 Å². The van der Waals surface area contributed by atoms with E-state index in [1.807, 2.05) is 79.7 Å². The van der Waals surface area contributed by atoms with Crippen LogP contribution in [0.3, 0.4) is 0 Å². The Morgan fingerprint density at radius 3 is 2.18 bits per heavy atom. The van der Waals surface area contributed by atoms with Crippen molar-refractivity contribution in [1.82, 2.24) is 5.32 Å². The van der Waals surface area contributed by atoms with Crippen molar-refractivity contribution in [3.8, 4) is 11.5 Å². The maximum atomic E-state index is 12.9. The number of amidine groups is 1. The molecule has 1 atom stereocenters. The summed E-state index contributed by atoms with van der Waals surface area (Å²) in [5.41, 5.74) is 3.92. The largest absolute Gasteiger partial charge is 0.493 e. The molecule has 0 aliphatic carbocycles. The number of fused-ring (bicyclic) bond motifs is 1. The fourth-order valence-corrected chi connectivity index (χ4v) is 3.79. The zero-order valence-electron chi connectivity index (χ0n) is 18.8. The fraction of sp³-hybridized carbons (Fsp3) is 0.192. The Hall–Kier alpha value is -4.13. The molecule has 0 spiro atoms. The van der Waals surface area contributed by atoms with Gasteiger partial charge in [-0.05, 0) is 48.4 Å². The van der Waals surface area contributed by atoms with Crippen LogP contribution in [0.2, 0.25) is 0 Å².